The fraction of sp³-hybridized carbons (Fsp3) is 0.623. The van der Waals surface area contributed by atoms with E-state index >= 15 is 0 Å². The number of amides is 1. The van der Waals surface area contributed by atoms with Gasteiger partial charge in [-0.05, 0) is 129 Å². The van der Waals surface area contributed by atoms with Crippen LogP contribution in [0, 0.1) is 10.8 Å². The van der Waals surface area contributed by atoms with Gasteiger partial charge in [0.2, 0.25) is 0 Å². The number of piperidine rings is 2. The van der Waals surface area contributed by atoms with Crippen LogP contribution in [0.1, 0.15) is 153 Å². The van der Waals surface area contributed by atoms with Gasteiger partial charge in [0.15, 0.2) is 20.0 Å². The molecule has 8 N–H and O–H groups in total. The highest BCUT2D eigenvalue weighted by atomic mass is 35.5. The summed E-state index contributed by atoms with van der Waals surface area (Å²) in [4.78, 5) is 54.0. The van der Waals surface area contributed by atoms with E-state index in [9.17, 15) is 20.1 Å². The number of H-pyrrole nitrogens is 2. The number of hydrogen-bond donors (Lipinski definition) is 7. The Labute approximate surface area is 523 Å². The molecule has 25 heteroatoms. The molecule has 6 aromatic rings. The molecule has 0 aromatic carbocycles. The third-order valence-corrected chi connectivity index (χ3v) is 26.2. The first-order valence-electron chi connectivity index (χ1n) is 30.3. The number of halogens is 2. The van der Waals surface area contributed by atoms with Crippen LogP contribution < -0.4 is 20.9 Å². The van der Waals surface area contributed by atoms with Crippen molar-refractivity contribution >= 4 is 94.8 Å². The summed E-state index contributed by atoms with van der Waals surface area (Å²) in [7, 11) is -1.97. The normalized spacial score (nSPS) is 23.9. The Balaban J connectivity index is 0.000000188. The van der Waals surface area contributed by atoms with Crippen molar-refractivity contribution < 1.29 is 38.8 Å². The monoisotopic (exact) mass is 1270 g/mol. The largest absolute Gasteiger partial charge is 0.444 e. The van der Waals surface area contributed by atoms with Crippen LogP contribution in [0.2, 0.25) is 28.4 Å². The predicted octanol–water partition coefficient (Wildman–Crippen LogP) is 11.3. The average molecular weight is 1280 g/mol. The third kappa shape index (κ3) is 12.7. The number of fused-ring (bicyclic) bond motifs is 6. The highest BCUT2D eigenvalue weighted by Crippen LogP contribution is 2.48. The lowest BCUT2D eigenvalue weighted by Crippen LogP contribution is -2.55. The Hall–Kier alpha value is -4.37. The molecule has 2 unspecified atom stereocenters. The molecule has 12 rings (SSSR count). The number of ether oxygens (including phenoxy) is 3. The summed E-state index contributed by atoms with van der Waals surface area (Å²) >= 11 is 16.1. The molecule has 0 saturated carbocycles. The molecule has 6 atom stereocenters. The summed E-state index contributed by atoms with van der Waals surface area (Å²) in [6.07, 6.45) is 11.5. The maximum Gasteiger partial charge on any atom is 0.407 e. The molecule has 1 amide bonds. The van der Waals surface area contributed by atoms with E-state index in [1.54, 1.807) is 12.4 Å². The maximum atomic E-state index is 12.7. The molecule has 2 aliphatic carbocycles. The lowest BCUT2D eigenvalue weighted by molar-refractivity contribution is 0.0434. The van der Waals surface area contributed by atoms with Crippen LogP contribution in [-0.2, 0) is 44.7 Å². The van der Waals surface area contributed by atoms with Crippen LogP contribution in [0.4, 0.5) is 16.4 Å². The minimum absolute atomic E-state index is 0.0218. The van der Waals surface area contributed by atoms with Crippen molar-refractivity contribution in [2.45, 2.75) is 213 Å². The smallest absolute Gasteiger partial charge is 0.407 e. The molecule has 86 heavy (non-hydrogen) atoms. The summed E-state index contributed by atoms with van der Waals surface area (Å²) in [6, 6.07) is 3.89. The van der Waals surface area contributed by atoms with Crippen molar-refractivity contribution in [3.63, 3.8) is 0 Å². The van der Waals surface area contributed by atoms with Crippen LogP contribution in [0.5, 0.6) is 0 Å². The zero-order valence-corrected chi connectivity index (χ0v) is 55.3. The first kappa shape index (κ1) is 63.2. The van der Waals surface area contributed by atoms with Crippen molar-refractivity contribution in [3.8, 4) is 0 Å². The van der Waals surface area contributed by atoms with E-state index in [0.29, 0.717) is 69.7 Å². The van der Waals surface area contributed by atoms with Crippen molar-refractivity contribution in [1.29, 1.82) is 0 Å². The second kappa shape index (κ2) is 24.8. The number of hydrogen-bond acceptors (Lipinski definition) is 19. The number of rotatable bonds is 11. The van der Waals surface area contributed by atoms with Crippen molar-refractivity contribution in [2.24, 2.45) is 16.6 Å². The first-order chi connectivity index (χ1) is 40.8. The summed E-state index contributed by atoms with van der Waals surface area (Å²) in [6.45, 7) is 24.9. The Morgan fingerprint density at radius 1 is 0.767 bits per heavy atom. The number of aryl methyl sites for hydroxylation is 2. The van der Waals surface area contributed by atoms with E-state index in [4.69, 9.17) is 67.5 Å². The van der Waals surface area contributed by atoms with E-state index in [-0.39, 0.29) is 59.5 Å². The van der Waals surface area contributed by atoms with Crippen LogP contribution in [0.15, 0.2) is 44.4 Å². The van der Waals surface area contributed by atoms with Crippen LogP contribution in [0.3, 0.4) is 0 Å². The molecule has 4 aliphatic heterocycles. The molecule has 466 valence electrons. The Morgan fingerprint density at radius 2 is 1.26 bits per heavy atom. The summed E-state index contributed by atoms with van der Waals surface area (Å²) in [5, 5.41) is 36.1. The fourth-order valence-electron chi connectivity index (χ4n) is 13.2. The molecule has 10 heterocycles. The van der Waals surface area contributed by atoms with Crippen LogP contribution >= 0.6 is 46.7 Å². The van der Waals surface area contributed by atoms with Gasteiger partial charge in [-0.3, -0.25) is 0 Å². The number of nitrogens with zero attached hydrogens (tertiary/aromatic N) is 8. The number of nitrogens with one attached hydrogen (secondary N) is 3. The Morgan fingerprint density at radius 3 is 1.76 bits per heavy atom. The summed E-state index contributed by atoms with van der Waals surface area (Å²) in [5.41, 5.74) is 14.5. The zero-order chi connectivity index (χ0) is 61.3. The van der Waals surface area contributed by atoms with Gasteiger partial charge in [-0.1, -0.05) is 67.5 Å². The molecule has 6 aromatic heterocycles. The van der Waals surface area contributed by atoms with Crippen molar-refractivity contribution in [3.05, 3.63) is 68.7 Å². The third-order valence-electron chi connectivity index (χ3n) is 19.1. The number of carbonyl (C=O) groups is 1. The van der Waals surface area contributed by atoms with E-state index in [2.05, 4.69) is 68.9 Å². The minimum Gasteiger partial charge on any atom is -0.444 e. The molecule has 4 saturated heterocycles. The number of alkyl carbamates (subject to hydrolysis) is 1. The van der Waals surface area contributed by atoms with Crippen molar-refractivity contribution in [2.75, 3.05) is 49.2 Å². The summed E-state index contributed by atoms with van der Waals surface area (Å²) < 4.78 is 24.3. The van der Waals surface area contributed by atoms with Gasteiger partial charge >= 0.3 is 6.09 Å². The topological polar surface area (TPSA) is 268 Å². The number of nitrogens with two attached hydrogens (primary N) is 1. The van der Waals surface area contributed by atoms with Gasteiger partial charge in [0, 0.05) is 65.6 Å². The predicted molar refractivity (Wildman–Crippen MR) is 338 cm³/mol. The molecule has 6 aliphatic rings. The second-order valence-electron chi connectivity index (χ2n) is 26.9. The van der Waals surface area contributed by atoms with Gasteiger partial charge in [-0.25, -0.2) is 34.7 Å². The standard InChI is InChI=1S/C36H53ClN6O5SSi.C25H31ClN6O3S/c1-21-30(42-33(45)47-34(2,3)4)36(20-46-21)13-15-43(16-14-36)32-24(19-44)39-27(18-38-32)49-26-17-23-28(41-31(26)37)22-11-10-12-25(29(22)40-23)48-50(8,9)35(5,6)7;1-13-22(27)25(12-35-13)5-7-32(8-6-25)24-16(11-33)29-19(10-28-24)36-18-9-15-20(31-23(18)26)14-3-2-4-17(34)21(14)30-15/h17-18,21,25,30,40,44H,10-16,19-20H2,1-9H3,(H,42,45);9-10,13,17,22,30,33-34H,2-8,11-12,27H2,1H3/t21-,25?,30+;13-,17?,22+/m00/s1. The highest BCUT2D eigenvalue weighted by Gasteiger charge is 2.51. The molecular formula is C61H84Cl2N12O8S2Si. The number of aromatic amines is 2. The number of aliphatic hydroxyl groups is 3. The molecule has 0 radical (unpaired) electrons. The number of aliphatic hydroxyl groups excluding tert-OH is 3. The van der Waals surface area contributed by atoms with Gasteiger partial charge in [0.25, 0.3) is 0 Å². The first-order valence-corrected chi connectivity index (χ1v) is 35.6. The average Bonchev–Trinajstić information content (AvgIpc) is 2.02. The highest BCUT2D eigenvalue weighted by molar-refractivity contribution is 7.99. The zero-order valence-electron chi connectivity index (χ0n) is 51.1. The maximum absolute atomic E-state index is 12.7. The second-order valence-corrected chi connectivity index (χ2v) is 34.5. The Kier molecular flexibility index (Phi) is 18.2. The van der Waals surface area contributed by atoms with Crippen LogP contribution in [-0.4, -0.2) is 139 Å². The lowest BCUT2D eigenvalue weighted by Gasteiger charge is -2.43. The van der Waals surface area contributed by atoms with Gasteiger partial charge in [-0.2, -0.15) is 0 Å². The van der Waals surface area contributed by atoms with Gasteiger partial charge in [-0.15, -0.1) is 0 Å². The van der Waals surface area contributed by atoms with Crippen LogP contribution in [0.25, 0.3) is 22.1 Å². The molecule has 4 fully saturated rings. The molecule has 0 bridgehead atoms. The molecule has 20 nitrogen and oxygen atoms in total. The molecular weight excluding hydrogens is 1190 g/mol. The minimum atomic E-state index is -1.97. The van der Waals surface area contributed by atoms with Gasteiger partial charge in [0.05, 0.1) is 101 Å². The Bertz CT molecular complexity index is 3470. The number of pyridine rings is 2. The fourth-order valence-corrected chi connectivity index (χ4v) is 16.6. The van der Waals surface area contributed by atoms with Gasteiger partial charge in [0.1, 0.15) is 37.3 Å². The van der Waals surface area contributed by atoms with E-state index in [1.807, 2.05) is 46.8 Å². The van der Waals surface area contributed by atoms with E-state index in [0.717, 1.165) is 126 Å². The van der Waals surface area contributed by atoms with Crippen molar-refractivity contribution in [1.82, 2.24) is 45.2 Å². The number of carbonyl (C=O) groups excluding carboxylic acids is 1. The summed E-state index contributed by atoms with van der Waals surface area (Å²) in [5.74, 6) is 1.38. The number of anilines is 2. The van der Waals surface area contributed by atoms with E-state index in [1.165, 1.54) is 29.1 Å². The quantitative estimate of drug-likeness (QED) is 0.0469. The molecule has 2 spiro atoms. The number of aromatic nitrogens is 8. The SMILES string of the molecule is C[C@@H]1OCC2(CCN(c3ncc(Sc4cc5[nH]c6c(c5nc4Cl)CCCC6O)nc3CO)CC2)[C@@H]1N.C[C@@H]1OCC2(CCN(c3ncc(Sc4cc5[nH]c6c(c5nc4Cl)CCCC6O[Si](C)(C)C(C)(C)C)nc3CO)CC2)[C@@H]1NC(=O)OC(C)(C)C. The lowest BCUT2D eigenvalue weighted by atomic mass is 9.73. The van der Waals surface area contributed by atoms with Gasteiger partial charge < -0.3 is 64.8 Å². The van der Waals surface area contributed by atoms with E-state index < -0.39 is 26.1 Å².